The Hall–Kier alpha value is -1.33. The van der Waals surface area contributed by atoms with Crippen molar-refractivity contribution in [3.63, 3.8) is 0 Å². The van der Waals surface area contributed by atoms with Gasteiger partial charge in [-0.25, -0.2) is 0 Å². The maximum absolute atomic E-state index is 12.1. The summed E-state index contributed by atoms with van der Waals surface area (Å²) < 4.78 is 11.9. The standard InChI is InChI=1S/C20H30N2O3/c1-15-2-5-18(25-15)14-22-9-7-20(8-10-22)13-16(6-11-24-20)12-19(23)21-17-3-4-17/h2,5,16-17H,3-4,6-14H2,1H3,(H,21,23). The lowest BCUT2D eigenvalue weighted by atomic mass is 9.78. The summed E-state index contributed by atoms with van der Waals surface area (Å²) >= 11 is 0. The summed E-state index contributed by atoms with van der Waals surface area (Å²) in [4.78, 5) is 14.6. The third-order valence-electron chi connectivity index (χ3n) is 5.95. The lowest BCUT2D eigenvalue weighted by molar-refractivity contribution is -0.136. The van der Waals surface area contributed by atoms with Crippen molar-refractivity contribution in [3.8, 4) is 0 Å². The van der Waals surface area contributed by atoms with E-state index in [1.165, 1.54) is 0 Å². The fourth-order valence-electron chi connectivity index (χ4n) is 4.34. The van der Waals surface area contributed by atoms with Crippen LogP contribution in [0.2, 0.25) is 0 Å². The van der Waals surface area contributed by atoms with Crippen LogP contribution in [0.3, 0.4) is 0 Å². The van der Waals surface area contributed by atoms with E-state index in [0.717, 1.165) is 76.3 Å². The summed E-state index contributed by atoms with van der Waals surface area (Å²) in [6.07, 6.45) is 7.19. The molecule has 3 fully saturated rings. The molecule has 1 atom stereocenters. The molecule has 3 heterocycles. The Morgan fingerprint density at radius 2 is 2.08 bits per heavy atom. The SMILES string of the molecule is Cc1ccc(CN2CCC3(CC2)CC(CC(=O)NC2CC2)CCO3)o1. The van der Waals surface area contributed by atoms with Crippen molar-refractivity contribution in [3.05, 3.63) is 23.7 Å². The van der Waals surface area contributed by atoms with Crippen LogP contribution in [0.15, 0.2) is 16.5 Å². The van der Waals surface area contributed by atoms with Gasteiger partial charge in [-0.05, 0) is 63.5 Å². The van der Waals surface area contributed by atoms with E-state index in [4.69, 9.17) is 9.15 Å². The number of likely N-dealkylation sites (tertiary alicyclic amines) is 1. The Morgan fingerprint density at radius 3 is 2.76 bits per heavy atom. The summed E-state index contributed by atoms with van der Waals surface area (Å²) in [7, 11) is 0. The molecule has 1 aromatic heterocycles. The smallest absolute Gasteiger partial charge is 0.220 e. The lowest BCUT2D eigenvalue weighted by Gasteiger charge is -2.46. The van der Waals surface area contributed by atoms with E-state index in [-0.39, 0.29) is 11.5 Å². The number of piperidine rings is 1. The second-order valence-electron chi connectivity index (χ2n) is 8.22. The molecular weight excluding hydrogens is 316 g/mol. The highest BCUT2D eigenvalue weighted by Crippen LogP contribution is 2.39. The van der Waals surface area contributed by atoms with E-state index in [1.807, 2.05) is 13.0 Å². The lowest BCUT2D eigenvalue weighted by Crippen LogP contribution is -2.49. The van der Waals surface area contributed by atoms with Gasteiger partial charge in [0.1, 0.15) is 11.5 Å². The highest BCUT2D eigenvalue weighted by Gasteiger charge is 2.41. The molecule has 1 amide bonds. The van der Waals surface area contributed by atoms with Crippen molar-refractivity contribution in [2.24, 2.45) is 5.92 Å². The first-order valence-electron chi connectivity index (χ1n) is 9.81. The van der Waals surface area contributed by atoms with E-state index in [0.29, 0.717) is 18.4 Å². The average Bonchev–Trinajstić information content (AvgIpc) is 3.30. The largest absolute Gasteiger partial charge is 0.465 e. The highest BCUT2D eigenvalue weighted by atomic mass is 16.5. The van der Waals surface area contributed by atoms with E-state index >= 15 is 0 Å². The van der Waals surface area contributed by atoms with Gasteiger partial charge in [-0.15, -0.1) is 0 Å². The molecule has 1 spiro atoms. The molecule has 1 N–H and O–H groups in total. The van der Waals surface area contributed by atoms with E-state index in [1.54, 1.807) is 0 Å². The quantitative estimate of drug-likeness (QED) is 0.890. The van der Waals surface area contributed by atoms with Crippen LogP contribution in [0.1, 0.15) is 56.5 Å². The molecule has 4 rings (SSSR count). The van der Waals surface area contributed by atoms with Gasteiger partial charge in [-0.1, -0.05) is 0 Å². The molecule has 138 valence electrons. The fourth-order valence-corrected chi connectivity index (χ4v) is 4.34. The number of ether oxygens (including phenoxy) is 1. The van der Waals surface area contributed by atoms with Crippen LogP contribution in [0, 0.1) is 12.8 Å². The number of furan rings is 1. The van der Waals surface area contributed by atoms with Gasteiger partial charge in [-0.3, -0.25) is 9.69 Å². The van der Waals surface area contributed by atoms with Gasteiger partial charge in [0.25, 0.3) is 0 Å². The van der Waals surface area contributed by atoms with Gasteiger partial charge in [0, 0.05) is 32.2 Å². The zero-order valence-corrected chi connectivity index (χ0v) is 15.3. The number of hydrogen-bond donors (Lipinski definition) is 1. The van der Waals surface area contributed by atoms with Crippen LogP contribution in [-0.2, 0) is 16.1 Å². The van der Waals surface area contributed by atoms with E-state index in [2.05, 4.69) is 16.3 Å². The summed E-state index contributed by atoms with van der Waals surface area (Å²) in [5.74, 6) is 2.75. The van der Waals surface area contributed by atoms with Gasteiger partial charge < -0.3 is 14.5 Å². The predicted molar refractivity (Wildman–Crippen MR) is 95.1 cm³/mol. The van der Waals surface area contributed by atoms with Crippen LogP contribution in [0.4, 0.5) is 0 Å². The molecule has 0 aromatic carbocycles. The Kier molecular flexibility index (Phi) is 4.87. The molecular formula is C20H30N2O3. The van der Waals surface area contributed by atoms with Crippen LogP contribution in [0.25, 0.3) is 0 Å². The minimum atomic E-state index is -0.00163. The molecule has 25 heavy (non-hydrogen) atoms. The summed E-state index contributed by atoms with van der Waals surface area (Å²) in [6.45, 7) is 5.77. The van der Waals surface area contributed by atoms with Crippen molar-refractivity contribution < 1.29 is 13.9 Å². The van der Waals surface area contributed by atoms with Crippen LogP contribution >= 0.6 is 0 Å². The number of carbonyl (C=O) groups is 1. The Labute approximate surface area is 150 Å². The van der Waals surface area contributed by atoms with Crippen molar-refractivity contribution in [2.75, 3.05) is 19.7 Å². The molecule has 1 saturated carbocycles. The van der Waals surface area contributed by atoms with Gasteiger partial charge >= 0.3 is 0 Å². The number of nitrogens with zero attached hydrogens (tertiary/aromatic N) is 1. The summed E-state index contributed by atoms with van der Waals surface area (Å²) in [6, 6.07) is 4.57. The summed E-state index contributed by atoms with van der Waals surface area (Å²) in [5, 5.41) is 3.13. The Morgan fingerprint density at radius 1 is 1.28 bits per heavy atom. The van der Waals surface area contributed by atoms with Gasteiger partial charge in [-0.2, -0.15) is 0 Å². The van der Waals surface area contributed by atoms with Crippen molar-refractivity contribution in [1.82, 2.24) is 10.2 Å². The fraction of sp³-hybridized carbons (Fsp3) is 0.750. The third kappa shape index (κ3) is 4.45. The van der Waals surface area contributed by atoms with Crippen LogP contribution < -0.4 is 5.32 Å². The monoisotopic (exact) mass is 346 g/mol. The molecule has 5 nitrogen and oxygen atoms in total. The third-order valence-corrected chi connectivity index (χ3v) is 5.95. The molecule has 1 unspecified atom stereocenters. The number of nitrogens with one attached hydrogen (secondary N) is 1. The second kappa shape index (κ2) is 7.12. The van der Waals surface area contributed by atoms with Crippen LogP contribution in [0.5, 0.6) is 0 Å². The number of aryl methyl sites for hydroxylation is 1. The molecule has 2 aliphatic heterocycles. The molecule has 0 radical (unpaired) electrons. The average molecular weight is 346 g/mol. The first-order valence-corrected chi connectivity index (χ1v) is 9.81. The highest BCUT2D eigenvalue weighted by molar-refractivity contribution is 5.76. The molecule has 1 aromatic rings. The first-order chi connectivity index (χ1) is 12.1. The number of amides is 1. The van der Waals surface area contributed by atoms with Crippen LogP contribution in [-0.4, -0.2) is 42.1 Å². The maximum atomic E-state index is 12.1. The minimum absolute atomic E-state index is 0.00163. The van der Waals surface area contributed by atoms with Gasteiger partial charge in [0.05, 0.1) is 12.1 Å². The second-order valence-corrected chi connectivity index (χ2v) is 8.22. The van der Waals surface area contributed by atoms with Crippen molar-refractivity contribution >= 4 is 5.91 Å². The number of carbonyl (C=O) groups excluding carboxylic acids is 1. The maximum Gasteiger partial charge on any atom is 0.220 e. The predicted octanol–water partition coefficient (Wildman–Crippen LogP) is 3.02. The number of hydrogen-bond acceptors (Lipinski definition) is 4. The number of rotatable bonds is 5. The van der Waals surface area contributed by atoms with Gasteiger partial charge in [0.15, 0.2) is 0 Å². The molecule has 3 aliphatic rings. The molecule has 2 saturated heterocycles. The van der Waals surface area contributed by atoms with Gasteiger partial charge in [0.2, 0.25) is 5.91 Å². The summed E-state index contributed by atoms with van der Waals surface area (Å²) in [5.41, 5.74) is -0.00163. The first kappa shape index (κ1) is 17.1. The molecule has 1 aliphatic carbocycles. The molecule has 0 bridgehead atoms. The zero-order chi connectivity index (χ0) is 17.3. The Bertz CT molecular complexity index is 600. The normalized spacial score (nSPS) is 26.7. The Balaban J connectivity index is 1.26. The van der Waals surface area contributed by atoms with E-state index < -0.39 is 0 Å². The van der Waals surface area contributed by atoms with Crippen molar-refractivity contribution in [1.29, 1.82) is 0 Å². The minimum Gasteiger partial charge on any atom is -0.465 e. The zero-order valence-electron chi connectivity index (χ0n) is 15.3. The molecule has 5 heteroatoms. The van der Waals surface area contributed by atoms with Crippen molar-refractivity contribution in [2.45, 2.75) is 70.1 Å². The van der Waals surface area contributed by atoms with E-state index in [9.17, 15) is 4.79 Å². The topological polar surface area (TPSA) is 54.7 Å².